The lowest BCUT2D eigenvalue weighted by molar-refractivity contribution is -0.114. The molecule has 1 aromatic heterocycles. The van der Waals surface area contributed by atoms with Crippen molar-refractivity contribution in [1.82, 2.24) is 4.98 Å². The summed E-state index contributed by atoms with van der Waals surface area (Å²) < 4.78 is 5.29. The maximum atomic E-state index is 11.1. The van der Waals surface area contributed by atoms with Crippen molar-refractivity contribution in [3.8, 4) is 17.0 Å². The Labute approximate surface area is 155 Å². The molecule has 132 valence electrons. The highest BCUT2D eigenvalue weighted by molar-refractivity contribution is 7.14. The standard InChI is InChI=1S/C19H18N4O2S/c1-13(24)21-16-9-7-14(8-10-16)17-12-26-19(22-17)23-20-11-15-5-3-4-6-18(15)25-2/h3-12H,1-2H3,(H,21,24)(H,22,23)/b20-11-. The number of aromatic nitrogens is 1. The summed E-state index contributed by atoms with van der Waals surface area (Å²) in [6.07, 6.45) is 1.70. The Morgan fingerprint density at radius 3 is 2.69 bits per heavy atom. The van der Waals surface area contributed by atoms with Crippen LogP contribution in [0.4, 0.5) is 10.8 Å². The summed E-state index contributed by atoms with van der Waals surface area (Å²) in [5.74, 6) is 0.669. The van der Waals surface area contributed by atoms with E-state index >= 15 is 0 Å². The van der Waals surface area contributed by atoms with Crippen LogP contribution in [0.5, 0.6) is 5.75 Å². The molecule has 6 nitrogen and oxygen atoms in total. The molecule has 0 atom stereocenters. The molecule has 0 radical (unpaired) electrons. The highest BCUT2D eigenvalue weighted by Gasteiger charge is 2.05. The molecule has 0 unspecified atom stereocenters. The minimum absolute atomic E-state index is 0.0918. The van der Waals surface area contributed by atoms with Crippen molar-refractivity contribution in [2.45, 2.75) is 6.92 Å². The smallest absolute Gasteiger partial charge is 0.221 e. The number of hydrogen-bond donors (Lipinski definition) is 2. The number of carbonyl (C=O) groups excluding carboxylic acids is 1. The molecule has 2 N–H and O–H groups in total. The molecule has 7 heteroatoms. The number of hydrazone groups is 1. The lowest BCUT2D eigenvalue weighted by Crippen LogP contribution is -2.05. The van der Waals surface area contributed by atoms with E-state index in [1.807, 2.05) is 53.9 Å². The van der Waals surface area contributed by atoms with Crippen molar-refractivity contribution in [1.29, 1.82) is 0 Å². The number of hydrogen-bond acceptors (Lipinski definition) is 6. The van der Waals surface area contributed by atoms with E-state index in [-0.39, 0.29) is 5.91 Å². The van der Waals surface area contributed by atoms with Gasteiger partial charge in [-0.15, -0.1) is 11.3 Å². The fourth-order valence-corrected chi connectivity index (χ4v) is 2.98. The second-order valence-electron chi connectivity index (χ2n) is 5.41. The van der Waals surface area contributed by atoms with Crippen LogP contribution in [-0.2, 0) is 4.79 Å². The number of nitrogens with zero attached hydrogens (tertiary/aromatic N) is 2. The van der Waals surface area contributed by atoms with Gasteiger partial charge >= 0.3 is 0 Å². The van der Waals surface area contributed by atoms with Crippen LogP contribution in [0.2, 0.25) is 0 Å². The lowest BCUT2D eigenvalue weighted by atomic mass is 10.1. The Kier molecular flexibility index (Phi) is 5.60. The Balaban J connectivity index is 1.66. The van der Waals surface area contributed by atoms with Crippen LogP contribution in [-0.4, -0.2) is 24.2 Å². The van der Waals surface area contributed by atoms with Gasteiger partial charge in [0.25, 0.3) is 0 Å². The van der Waals surface area contributed by atoms with Crippen molar-refractivity contribution < 1.29 is 9.53 Å². The minimum atomic E-state index is -0.0918. The Morgan fingerprint density at radius 1 is 1.19 bits per heavy atom. The van der Waals surface area contributed by atoms with Crippen molar-refractivity contribution in [3.05, 3.63) is 59.5 Å². The van der Waals surface area contributed by atoms with Gasteiger partial charge in [-0.3, -0.25) is 10.2 Å². The van der Waals surface area contributed by atoms with Gasteiger partial charge in [-0.2, -0.15) is 5.10 Å². The first-order chi connectivity index (χ1) is 12.7. The maximum absolute atomic E-state index is 11.1. The highest BCUT2D eigenvalue weighted by Crippen LogP contribution is 2.26. The van der Waals surface area contributed by atoms with E-state index in [2.05, 4.69) is 20.8 Å². The topological polar surface area (TPSA) is 75.6 Å². The second kappa shape index (κ2) is 8.26. The first-order valence-electron chi connectivity index (χ1n) is 7.91. The molecular formula is C19H18N4O2S. The zero-order valence-corrected chi connectivity index (χ0v) is 15.2. The summed E-state index contributed by atoms with van der Waals surface area (Å²) in [4.78, 5) is 15.6. The van der Waals surface area contributed by atoms with Crippen molar-refractivity contribution in [2.75, 3.05) is 17.9 Å². The molecular weight excluding hydrogens is 348 g/mol. The maximum Gasteiger partial charge on any atom is 0.221 e. The number of carbonyl (C=O) groups is 1. The summed E-state index contributed by atoms with van der Waals surface area (Å²) in [5.41, 5.74) is 6.40. The number of ether oxygens (including phenoxy) is 1. The van der Waals surface area contributed by atoms with E-state index in [4.69, 9.17) is 4.74 Å². The number of benzene rings is 2. The fraction of sp³-hybridized carbons (Fsp3) is 0.105. The molecule has 1 amide bonds. The largest absolute Gasteiger partial charge is 0.496 e. The quantitative estimate of drug-likeness (QED) is 0.506. The average Bonchev–Trinajstić information content (AvgIpc) is 3.11. The zero-order valence-electron chi connectivity index (χ0n) is 14.4. The number of thiazole rings is 1. The monoisotopic (exact) mass is 366 g/mol. The van der Waals surface area contributed by atoms with Gasteiger partial charge in [0.15, 0.2) is 0 Å². The number of anilines is 2. The molecule has 0 spiro atoms. The van der Waals surface area contributed by atoms with Crippen LogP contribution in [0.25, 0.3) is 11.3 Å². The molecule has 26 heavy (non-hydrogen) atoms. The van der Waals surface area contributed by atoms with Gasteiger partial charge in [0.2, 0.25) is 11.0 Å². The third kappa shape index (κ3) is 4.46. The molecule has 3 rings (SSSR count). The lowest BCUT2D eigenvalue weighted by Gasteiger charge is -2.03. The van der Waals surface area contributed by atoms with Crippen LogP contribution in [0, 0.1) is 0 Å². The van der Waals surface area contributed by atoms with E-state index in [0.717, 1.165) is 28.3 Å². The predicted molar refractivity (Wildman–Crippen MR) is 106 cm³/mol. The van der Waals surface area contributed by atoms with Crippen LogP contribution in [0.3, 0.4) is 0 Å². The van der Waals surface area contributed by atoms with Gasteiger partial charge in [0, 0.05) is 29.1 Å². The average molecular weight is 366 g/mol. The number of para-hydroxylation sites is 1. The first kappa shape index (κ1) is 17.6. The summed E-state index contributed by atoms with van der Waals surface area (Å²) >= 11 is 1.47. The van der Waals surface area contributed by atoms with Crippen LogP contribution >= 0.6 is 11.3 Å². The van der Waals surface area contributed by atoms with Crippen molar-refractivity contribution in [2.24, 2.45) is 5.10 Å². The summed E-state index contributed by atoms with van der Waals surface area (Å²) in [5, 5.41) is 9.61. The second-order valence-corrected chi connectivity index (χ2v) is 6.27. The zero-order chi connectivity index (χ0) is 18.4. The molecule has 0 aliphatic heterocycles. The molecule has 2 aromatic carbocycles. The molecule has 0 saturated heterocycles. The van der Waals surface area contributed by atoms with E-state index < -0.39 is 0 Å². The molecule has 1 heterocycles. The number of nitrogens with one attached hydrogen (secondary N) is 2. The van der Waals surface area contributed by atoms with Crippen molar-refractivity contribution in [3.63, 3.8) is 0 Å². The van der Waals surface area contributed by atoms with E-state index in [9.17, 15) is 4.79 Å². The van der Waals surface area contributed by atoms with Crippen LogP contribution < -0.4 is 15.5 Å². The van der Waals surface area contributed by atoms with E-state index in [1.165, 1.54) is 18.3 Å². The molecule has 0 aliphatic rings. The number of rotatable bonds is 6. The summed E-state index contributed by atoms with van der Waals surface area (Å²) in [7, 11) is 1.63. The molecule has 0 aliphatic carbocycles. The number of methoxy groups -OCH3 is 1. The van der Waals surface area contributed by atoms with E-state index in [0.29, 0.717) is 5.13 Å². The normalized spacial score (nSPS) is 10.7. The molecule has 0 bridgehead atoms. The van der Waals surface area contributed by atoms with Crippen molar-refractivity contribution >= 4 is 34.3 Å². The van der Waals surface area contributed by atoms with Gasteiger partial charge in [-0.1, -0.05) is 24.3 Å². The van der Waals surface area contributed by atoms with Gasteiger partial charge in [-0.25, -0.2) is 4.98 Å². The summed E-state index contributed by atoms with van der Waals surface area (Å²) in [6, 6.07) is 15.2. The third-order valence-electron chi connectivity index (χ3n) is 3.51. The van der Waals surface area contributed by atoms with Gasteiger partial charge < -0.3 is 10.1 Å². The molecule has 0 saturated carbocycles. The van der Waals surface area contributed by atoms with Crippen LogP contribution in [0.1, 0.15) is 12.5 Å². The fourth-order valence-electron chi connectivity index (χ4n) is 2.32. The minimum Gasteiger partial charge on any atom is -0.496 e. The molecule has 3 aromatic rings. The Bertz CT molecular complexity index is 919. The molecule has 0 fully saturated rings. The first-order valence-corrected chi connectivity index (χ1v) is 8.79. The van der Waals surface area contributed by atoms with E-state index in [1.54, 1.807) is 13.3 Å². The Hall–Kier alpha value is -3.19. The van der Waals surface area contributed by atoms with Gasteiger partial charge in [-0.05, 0) is 24.3 Å². The number of amides is 1. The Morgan fingerprint density at radius 2 is 1.96 bits per heavy atom. The van der Waals surface area contributed by atoms with Gasteiger partial charge in [0.05, 0.1) is 19.0 Å². The third-order valence-corrected chi connectivity index (χ3v) is 4.25. The predicted octanol–water partition coefficient (Wildman–Crippen LogP) is 4.22. The highest BCUT2D eigenvalue weighted by atomic mass is 32.1. The SMILES string of the molecule is COc1ccccc1/C=N\Nc1nc(-c2ccc(NC(C)=O)cc2)cs1. The van der Waals surface area contributed by atoms with Crippen LogP contribution in [0.15, 0.2) is 59.0 Å². The summed E-state index contributed by atoms with van der Waals surface area (Å²) in [6.45, 7) is 1.48. The van der Waals surface area contributed by atoms with Gasteiger partial charge in [0.1, 0.15) is 5.75 Å².